The van der Waals surface area contributed by atoms with Crippen LogP contribution in [0, 0.1) is 23.6 Å². The van der Waals surface area contributed by atoms with E-state index in [1.807, 2.05) is 0 Å². The van der Waals surface area contributed by atoms with Gasteiger partial charge in [-0.05, 0) is 67.6 Å². The Morgan fingerprint density at radius 2 is 2.16 bits per heavy atom. The topological polar surface area (TPSA) is 26.0 Å². The molecule has 2 saturated carbocycles. The minimum atomic E-state index is -0.226. The van der Waals surface area contributed by atoms with Crippen LogP contribution in [-0.2, 0) is 6.42 Å². The van der Waals surface area contributed by atoms with Crippen molar-refractivity contribution >= 4 is 11.6 Å². The highest BCUT2D eigenvalue weighted by Crippen LogP contribution is 2.49. The van der Waals surface area contributed by atoms with E-state index in [4.69, 9.17) is 17.3 Å². The van der Waals surface area contributed by atoms with Crippen molar-refractivity contribution in [3.8, 4) is 0 Å². The first-order chi connectivity index (χ1) is 9.11. The first-order valence-electron chi connectivity index (χ1n) is 7.31. The summed E-state index contributed by atoms with van der Waals surface area (Å²) in [5.41, 5.74) is 6.92. The Hall–Kier alpha value is -0.600. The molecule has 2 N–H and O–H groups in total. The lowest BCUT2D eigenvalue weighted by molar-refractivity contribution is 0.293. The van der Waals surface area contributed by atoms with Gasteiger partial charge in [0.2, 0.25) is 0 Å². The third-order valence-corrected chi connectivity index (χ3v) is 5.22. The Labute approximate surface area is 119 Å². The largest absolute Gasteiger partial charge is 0.327 e. The van der Waals surface area contributed by atoms with Crippen molar-refractivity contribution in [3.63, 3.8) is 0 Å². The van der Waals surface area contributed by atoms with E-state index in [1.54, 1.807) is 12.1 Å². The van der Waals surface area contributed by atoms with E-state index in [0.29, 0.717) is 17.0 Å². The molecule has 0 spiro atoms. The lowest BCUT2D eigenvalue weighted by atomic mass is 9.83. The molecule has 1 nitrogen and oxygen atoms in total. The molecule has 0 amide bonds. The van der Waals surface area contributed by atoms with Crippen molar-refractivity contribution in [1.29, 1.82) is 0 Å². The lowest BCUT2D eigenvalue weighted by Crippen LogP contribution is -2.28. The minimum absolute atomic E-state index is 0.0695. The number of fused-ring (bicyclic) bond motifs is 2. The third-order valence-electron chi connectivity index (χ3n) is 4.99. The van der Waals surface area contributed by atoms with E-state index < -0.39 is 0 Å². The molecule has 2 aliphatic rings. The van der Waals surface area contributed by atoms with E-state index in [2.05, 4.69) is 0 Å². The van der Waals surface area contributed by atoms with Gasteiger partial charge in [-0.2, -0.15) is 0 Å². The van der Waals surface area contributed by atoms with Crippen LogP contribution in [0.1, 0.15) is 37.7 Å². The van der Waals surface area contributed by atoms with Gasteiger partial charge in [0.15, 0.2) is 0 Å². The van der Waals surface area contributed by atoms with E-state index in [1.165, 1.54) is 31.7 Å². The standard InChI is InChI=1S/C16H21ClFN/c17-14-4-3-12(16(18)9-14)7-15(19)8-13-6-10-1-2-11(13)5-10/h3-4,9-11,13,15H,1-2,5-8,19H2. The Morgan fingerprint density at radius 3 is 2.79 bits per heavy atom. The fraction of sp³-hybridized carbons (Fsp3) is 0.625. The average Bonchev–Trinajstić information content (AvgIpc) is 2.95. The molecule has 0 aromatic heterocycles. The Bertz CT molecular complexity index is 462. The molecular formula is C16H21ClFN. The molecule has 3 heteroatoms. The van der Waals surface area contributed by atoms with Gasteiger partial charge in [0, 0.05) is 11.1 Å². The van der Waals surface area contributed by atoms with E-state index in [-0.39, 0.29) is 11.9 Å². The van der Waals surface area contributed by atoms with Crippen molar-refractivity contribution in [1.82, 2.24) is 0 Å². The first-order valence-corrected chi connectivity index (χ1v) is 7.69. The van der Waals surface area contributed by atoms with Crippen LogP contribution in [-0.4, -0.2) is 6.04 Å². The quantitative estimate of drug-likeness (QED) is 0.880. The molecule has 3 rings (SSSR count). The van der Waals surface area contributed by atoms with Crippen LogP contribution in [0.15, 0.2) is 18.2 Å². The van der Waals surface area contributed by atoms with Gasteiger partial charge in [-0.25, -0.2) is 4.39 Å². The second kappa shape index (κ2) is 5.41. The molecule has 2 fully saturated rings. The van der Waals surface area contributed by atoms with Gasteiger partial charge in [0.05, 0.1) is 0 Å². The summed E-state index contributed by atoms with van der Waals surface area (Å²) >= 11 is 5.76. The summed E-state index contributed by atoms with van der Waals surface area (Å²) in [5, 5.41) is 0.447. The summed E-state index contributed by atoms with van der Waals surface area (Å²) in [6.07, 6.45) is 7.23. The normalized spacial score (nSPS) is 30.8. The van der Waals surface area contributed by atoms with E-state index >= 15 is 0 Å². The Morgan fingerprint density at radius 1 is 1.32 bits per heavy atom. The van der Waals surface area contributed by atoms with Gasteiger partial charge < -0.3 is 5.73 Å². The highest BCUT2D eigenvalue weighted by Gasteiger charge is 2.39. The lowest BCUT2D eigenvalue weighted by Gasteiger charge is -2.24. The molecule has 2 aliphatic carbocycles. The van der Waals surface area contributed by atoms with Crippen molar-refractivity contribution in [2.24, 2.45) is 23.5 Å². The summed E-state index contributed by atoms with van der Waals surface area (Å²) in [6.45, 7) is 0. The number of rotatable bonds is 4. The fourth-order valence-electron chi connectivity index (χ4n) is 4.11. The van der Waals surface area contributed by atoms with Gasteiger partial charge >= 0.3 is 0 Å². The maximum Gasteiger partial charge on any atom is 0.127 e. The summed E-state index contributed by atoms with van der Waals surface area (Å²) in [7, 11) is 0. The van der Waals surface area contributed by atoms with E-state index in [0.717, 1.165) is 24.2 Å². The van der Waals surface area contributed by atoms with Gasteiger partial charge in [-0.1, -0.05) is 24.1 Å². The zero-order valence-corrected chi connectivity index (χ0v) is 11.9. The molecule has 0 saturated heterocycles. The van der Waals surface area contributed by atoms with Crippen molar-refractivity contribution in [3.05, 3.63) is 34.6 Å². The summed E-state index contributed by atoms with van der Waals surface area (Å²) in [6, 6.07) is 4.95. The highest BCUT2D eigenvalue weighted by atomic mass is 35.5. The van der Waals surface area contributed by atoms with Gasteiger partial charge in [-0.3, -0.25) is 0 Å². The van der Waals surface area contributed by atoms with Gasteiger partial charge in [0.25, 0.3) is 0 Å². The maximum atomic E-state index is 13.7. The van der Waals surface area contributed by atoms with Crippen LogP contribution in [0.5, 0.6) is 0 Å². The molecule has 1 aromatic carbocycles. The van der Waals surface area contributed by atoms with Crippen LogP contribution in [0.4, 0.5) is 4.39 Å². The predicted octanol–water partition coefficient (Wildman–Crippen LogP) is 4.18. The molecule has 0 radical (unpaired) electrons. The third kappa shape index (κ3) is 2.95. The molecule has 1 aromatic rings. The Balaban J connectivity index is 1.57. The van der Waals surface area contributed by atoms with Crippen LogP contribution in [0.3, 0.4) is 0 Å². The number of halogens is 2. The average molecular weight is 282 g/mol. The molecule has 0 heterocycles. The number of benzene rings is 1. The van der Waals surface area contributed by atoms with Crippen LogP contribution in [0.2, 0.25) is 5.02 Å². The Kier molecular flexibility index (Phi) is 3.81. The van der Waals surface area contributed by atoms with Crippen LogP contribution >= 0.6 is 11.6 Å². The zero-order chi connectivity index (χ0) is 13.4. The molecule has 4 atom stereocenters. The molecule has 4 unspecified atom stereocenters. The zero-order valence-electron chi connectivity index (χ0n) is 11.1. The first kappa shape index (κ1) is 13.4. The molecular weight excluding hydrogens is 261 g/mol. The second-order valence-electron chi connectivity index (χ2n) is 6.37. The van der Waals surface area contributed by atoms with Gasteiger partial charge in [0.1, 0.15) is 5.82 Å². The summed E-state index contributed by atoms with van der Waals surface area (Å²) < 4.78 is 13.7. The maximum absolute atomic E-state index is 13.7. The van der Waals surface area contributed by atoms with Crippen LogP contribution in [0.25, 0.3) is 0 Å². The summed E-state index contributed by atoms with van der Waals surface area (Å²) in [5.74, 6) is 2.40. The number of hydrogen-bond acceptors (Lipinski definition) is 1. The number of nitrogens with two attached hydrogens (primary N) is 1. The van der Waals surface area contributed by atoms with Crippen LogP contribution < -0.4 is 5.73 Å². The fourth-order valence-corrected chi connectivity index (χ4v) is 4.27. The highest BCUT2D eigenvalue weighted by molar-refractivity contribution is 6.30. The minimum Gasteiger partial charge on any atom is -0.327 e. The SMILES string of the molecule is NC(Cc1ccc(Cl)cc1F)CC1CC2CCC1C2. The predicted molar refractivity (Wildman–Crippen MR) is 76.6 cm³/mol. The van der Waals surface area contributed by atoms with Crippen molar-refractivity contribution < 1.29 is 4.39 Å². The molecule has 2 bridgehead atoms. The number of hydrogen-bond donors (Lipinski definition) is 1. The molecule has 19 heavy (non-hydrogen) atoms. The van der Waals surface area contributed by atoms with E-state index in [9.17, 15) is 4.39 Å². The van der Waals surface area contributed by atoms with Crippen molar-refractivity contribution in [2.45, 2.75) is 44.6 Å². The second-order valence-corrected chi connectivity index (χ2v) is 6.81. The monoisotopic (exact) mass is 281 g/mol. The molecule has 104 valence electrons. The summed E-state index contributed by atoms with van der Waals surface area (Å²) in [4.78, 5) is 0. The molecule has 0 aliphatic heterocycles. The smallest absolute Gasteiger partial charge is 0.127 e. The van der Waals surface area contributed by atoms with Gasteiger partial charge in [-0.15, -0.1) is 0 Å². The van der Waals surface area contributed by atoms with Crippen molar-refractivity contribution in [2.75, 3.05) is 0 Å².